The van der Waals surface area contributed by atoms with Crippen LogP contribution >= 0.6 is 23.2 Å². The van der Waals surface area contributed by atoms with Crippen LogP contribution in [0.15, 0.2) is 42.7 Å². The van der Waals surface area contributed by atoms with Crippen LogP contribution in [-0.2, 0) is 17.8 Å². The molecule has 2 aromatic heterocycles. The summed E-state index contributed by atoms with van der Waals surface area (Å²) in [6.45, 7) is 1.32. The van der Waals surface area contributed by atoms with Crippen molar-refractivity contribution in [1.29, 1.82) is 0 Å². The third-order valence-electron chi connectivity index (χ3n) is 5.14. The van der Waals surface area contributed by atoms with Gasteiger partial charge in [0.1, 0.15) is 5.82 Å². The number of hydrogen-bond acceptors (Lipinski definition) is 5. The van der Waals surface area contributed by atoms with Crippen molar-refractivity contribution in [2.24, 2.45) is 0 Å². The Morgan fingerprint density at radius 3 is 2.75 bits per heavy atom. The molecule has 3 heterocycles. The molecule has 4 rings (SSSR count). The summed E-state index contributed by atoms with van der Waals surface area (Å²) in [4.78, 5) is 28.8. The molecule has 0 aliphatic carbocycles. The number of aryl methyl sites for hydroxylation is 1. The molecule has 0 radical (unpaired) electrons. The quantitative estimate of drug-likeness (QED) is 0.479. The Labute approximate surface area is 194 Å². The molecule has 0 unspecified atom stereocenters. The number of carboxylic acid groups (broad SMARTS) is 1. The molecule has 0 saturated carbocycles. The molecule has 8 nitrogen and oxygen atoms in total. The van der Waals surface area contributed by atoms with Crippen molar-refractivity contribution in [2.75, 3.05) is 11.9 Å². The standard InChI is InChI=1S/C22H21Cl2N5O3/c23-16-6-14(7-17(24)8-16)19(9-20(30)31)28-22(32)15-10-26-29(11-15)12-18-4-3-13-2-1-5-25-21(13)27-18/h3-4,6-8,10-11,19H,1-2,5,9,12H2,(H,25,27)(H,28,32)(H,30,31)/t19-/m0/s1. The smallest absolute Gasteiger partial charge is 0.305 e. The van der Waals surface area contributed by atoms with Crippen molar-refractivity contribution in [1.82, 2.24) is 20.1 Å². The van der Waals surface area contributed by atoms with E-state index >= 15 is 0 Å². The molecule has 1 aliphatic heterocycles. The lowest BCUT2D eigenvalue weighted by Gasteiger charge is -2.18. The van der Waals surface area contributed by atoms with Gasteiger partial charge in [0.2, 0.25) is 0 Å². The van der Waals surface area contributed by atoms with Crippen LogP contribution in [0.1, 0.15) is 46.1 Å². The van der Waals surface area contributed by atoms with Gasteiger partial charge in [-0.05, 0) is 48.2 Å². The molecular formula is C22H21Cl2N5O3. The second-order valence-electron chi connectivity index (χ2n) is 7.59. The maximum Gasteiger partial charge on any atom is 0.305 e. The third-order valence-corrected chi connectivity index (χ3v) is 5.58. The number of rotatable bonds is 7. The molecule has 0 fully saturated rings. The lowest BCUT2D eigenvalue weighted by Crippen LogP contribution is -2.30. The van der Waals surface area contributed by atoms with Crippen molar-refractivity contribution >= 4 is 40.9 Å². The first-order valence-electron chi connectivity index (χ1n) is 10.1. The van der Waals surface area contributed by atoms with Crippen molar-refractivity contribution in [2.45, 2.75) is 31.8 Å². The van der Waals surface area contributed by atoms with Crippen LogP contribution in [0.5, 0.6) is 0 Å². The number of pyridine rings is 1. The predicted molar refractivity (Wildman–Crippen MR) is 121 cm³/mol. The van der Waals surface area contributed by atoms with Crippen LogP contribution in [-0.4, -0.2) is 38.3 Å². The van der Waals surface area contributed by atoms with Crippen molar-refractivity contribution in [3.63, 3.8) is 0 Å². The molecule has 3 aromatic rings. The number of aliphatic carboxylic acids is 1. The number of nitrogens with zero attached hydrogens (tertiary/aromatic N) is 3. The second kappa shape index (κ2) is 9.58. The Balaban J connectivity index is 1.47. The number of carbonyl (C=O) groups excluding carboxylic acids is 1. The van der Waals surface area contributed by atoms with E-state index in [2.05, 4.69) is 26.8 Å². The Bertz CT molecular complexity index is 1140. The zero-order valence-corrected chi connectivity index (χ0v) is 18.5. The van der Waals surface area contributed by atoms with E-state index in [1.165, 1.54) is 11.8 Å². The number of nitrogens with one attached hydrogen (secondary N) is 2. The minimum Gasteiger partial charge on any atom is -0.481 e. The van der Waals surface area contributed by atoms with Gasteiger partial charge in [0.25, 0.3) is 5.91 Å². The molecule has 3 N–H and O–H groups in total. The van der Waals surface area contributed by atoms with Gasteiger partial charge >= 0.3 is 5.97 Å². The molecule has 0 saturated heterocycles. The van der Waals surface area contributed by atoms with Gasteiger partial charge in [-0.1, -0.05) is 29.3 Å². The molecule has 32 heavy (non-hydrogen) atoms. The summed E-state index contributed by atoms with van der Waals surface area (Å²) < 4.78 is 1.62. The number of benzene rings is 1. The summed E-state index contributed by atoms with van der Waals surface area (Å²) in [5, 5.41) is 20.3. The van der Waals surface area contributed by atoms with Crippen LogP contribution < -0.4 is 10.6 Å². The first-order chi connectivity index (χ1) is 15.4. The third kappa shape index (κ3) is 5.38. The Morgan fingerprint density at radius 2 is 2.00 bits per heavy atom. The number of carbonyl (C=O) groups is 2. The molecule has 10 heteroatoms. The first kappa shape index (κ1) is 22.1. The fraction of sp³-hybridized carbons (Fsp3) is 0.273. The van der Waals surface area contributed by atoms with Gasteiger partial charge in [-0.25, -0.2) is 4.98 Å². The van der Waals surface area contributed by atoms with Gasteiger partial charge in [0.15, 0.2) is 0 Å². The summed E-state index contributed by atoms with van der Waals surface area (Å²) in [5.74, 6) is -0.608. The first-order valence-corrected chi connectivity index (χ1v) is 10.9. The van der Waals surface area contributed by atoms with Gasteiger partial charge in [0.05, 0.1) is 36.5 Å². The molecule has 1 aliphatic rings. The highest BCUT2D eigenvalue weighted by molar-refractivity contribution is 6.34. The number of halogens is 2. The minimum absolute atomic E-state index is 0.310. The Morgan fingerprint density at radius 1 is 1.22 bits per heavy atom. The fourth-order valence-electron chi connectivity index (χ4n) is 3.63. The second-order valence-corrected chi connectivity index (χ2v) is 8.47. The summed E-state index contributed by atoms with van der Waals surface area (Å²) in [6.07, 6.45) is 4.83. The Kier molecular flexibility index (Phi) is 6.62. The molecule has 0 bridgehead atoms. The van der Waals surface area contributed by atoms with Crippen LogP contribution in [0.3, 0.4) is 0 Å². The minimum atomic E-state index is -1.06. The predicted octanol–water partition coefficient (Wildman–Crippen LogP) is 3.94. The number of aromatic nitrogens is 3. The zero-order valence-electron chi connectivity index (χ0n) is 17.0. The highest BCUT2D eigenvalue weighted by atomic mass is 35.5. The van der Waals surface area contributed by atoms with E-state index in [9.17, 15) is 14.7 Å². The average Bonchev–Trinajstić information content (AvgIpc) is 3.21. The SMILES string of the molecule is O=C(O)C[C@H](NC(=O)c1cnn(Cc2ccc3c(n2)NCCC3)c1)c1cc(Cl)cc(Cl)c1. The van der Waals surface area contributed by atoms with E-state index < -0.39 is 17.9 Å². The molecule has 1 amide bonds. The highest BCUT2D eigenvalue weighted by Gasteiger charge is 2.21. The molecule has 1 atom stereocenters. The van der Waals surface area contributed by atoms with E-state index in [-0.39, 0.29) is 6.42 Å². The van der Waals surface area contributed by atoms with E-state index in [1.54, 1.807) is 29.1 Å². The maximum atomic E-state index is 12.8. The summed E-state index contributed by atoms with van der Waals surface area (Å²) >= 11 is 12.1. The Hall–Kier alpha value is -3.10. The number of hydrogen-bond donors (Lipinski definition) is 3. The van der Waals surface area contributed by atoms with Gasteiger partial charge in [0, 0.05) is 22.8 Å². The van der Waals surface area contributed by atoms with Crippen LogP contribution in [0, 0.1) is 0 Å². The number of anilines is 1. The maximum absolute atomic E-state index is 12.8. The fourth-order valence-corrected chi connectivity index (χ4v) is 4.18. The topological polar surface area (TPSA) is 109 Å². The van der Waals surface area contributed by atoms with Crippen molar-refractivity contribution < 1.29 is 14.7 Å². The lowest BCUT2D eigenvalue weighted by molar-refractivity contribution is -0.137. The molecule has 166 valence electrons. The van der Waals surface area contributed by atoms with Crippen molar-refractivity contribution in [3.8, 4) is 0 Å². The summed E-state index contributed by atoms with van der Waals surface area (Å²) in [5.41, 5.74) is 2.85. The van der Waals surface area contributed by atoms with Crippen LogP contribution in [0.4, 0.5) is 5.82 Å². The summed E-state index contributed by atoms with van der Waals surface area (Å²) in [7, 11) is 0. The average molecular weight is 474 g/mol. The van der Waals surface area contributed by atoms with Gasteiger partial charge in [-0.3, -0.25) is 14.3 Å². The van der Waals surface area contributed by atoms with E-state index in [1.807, 2.05) is 6.07 Å². The van der Waals surface area contributed by atoms with Gasteiger partial charge in [-0.2, -0.15) is 5.10 Å². The normalized spacial score (nSPS) is 13.7. The number of amides is 1. The van der Waals surface area contributed by atoms with E-state index in [0.29, 0.717) is 27.7 Å². The van der Waals surface area contributed by atoms with Gasteiger partial charge < -0.3 is 15.7 Å². The zero-order chi connectivity index (χ0) is 22.7. The van der Waals surface area contributed by atoms with E-state index in [4.69, 9.17) is 23.2 Å². The largest absolute Gasteiger partial charge is 0.481 e. The van der Waals surface area contributed by atoms with Crippen molar-refractivity contribution in [3.05, 3.63) is 75.2 Å². The molecule has 0 spiro atoms. The van der Waals surface area contributed by atoms with E-state index in [0.717, 1.165) is 30.9 Å². The van der Waals surface area contributed by atoms with Gasteiger partial charge in [-0.15, -0.1) is 0 Å². The highest BCUT2D eigenvalue weighted by Crippen LogP contribution is 2.26. The molecular weight excluding hydrogens is 453 g/mol. The van der Waals surface area contributed by atoms with Crippen LogP contribution in [0.2, 0.25) is 10.0 Å². The summed E-state index contributed by atoms with van der Waals surface area (Å²) in [6, 6.07) is 7.93. The lowest BCUT2D eigenvalue weighted by atomic mass is 10.0. The molecule has 1 aromatic carbocycles. The number of carboxylic acids is 1. The number of fused-ring (bicyclic) bond motifs is 1. The van der Waals surface area contributed by atoms with Crippen LogP contribution in [0.25, 0.3) is 0 Å². The monoisotopic (exact) mass is 473 g/mol.